The van der Waals surface area contributed by atoms with Crippen molar-refractivity contribution in [3.05, 3.63) is 70.7 Å². The number of nitrogens with zero attached hydrogens (tertiary/aromatic N) is 4. The molecule has 1 amide bonds. The summed E-state index contributed by atoms with van der Waals surface area (Å²) in [5.41, 5.74) is 1.71. The summed E-state index contributed by atoms with van der Waals surface area (Å²) >= 11 is 0. The van der Waals surface area contributed by atoms with Crippen LogP contribution in [0.5, 0.6) is 0 Å². The van der Waals surface area contributed by atoms with Gasteiger partial charge in [-0.15, -0.1) is 0 Å². The zero-order chi connectivity index (χ0) is 22.9. The van der Waals surface area contributed by atoms with E-state index < -0.39 is 0 Å². The van der Waals surface area contributed by atoms with Crippen molar-refractivity contribution in [2.75, 3.05) is 19.7 Å². The monoisotopic (exact) mass is 448 g/mol. The number of hydrogen-bond acceptors (Lipinski definition) is 6. The van der Waals surface area contributed by atoms with Crippen LogP contribution in [0.25, 0.3) is 16.7 Å². The first kappa shape index (κ1) is 21.0. The first-order valence-corrected chi connectivity index (χ1v) is 11.1. The van der Waals surface area contributed by atoms with E-state index in [2.05, 4.69) is 4.98 Å². The second-order valence-corrected chi connectivity index (χ2v) is 8.09. The Bertz CT molecular complexity index is 1390. The average molecular weight is 448 g/mol. The number of fused-ring (bicyclic) bond motifs is 3. The van der Waals surface area contributed by atoms with Crippen molar-refractivity contribution >= 4 is 28.6 Å². The van der Waals surface area contributed by atoms with Crippen molar-refractivity contribution in [3.8, 4) is 0 Å². The quantitative estimate of drug-likeness (QED) is 0.436. The largest absolute Gasteiger partial charge is 0.466 e. The highest BCUT2D eigenvalue weighted by molar-refractivity contribution is 5.91. The van der Waals surface area contributed by atoms with Gasteiger partial charge in [0.1, 0.15) is 11.3 Å². The normalized spacial score (nSPS) is 14.8. The van der Waals surface area contributed by atoms with E-state index >= 15 is 0 Å². The Kier molecular flexibility index (Phi) is 5.45. The molecule has 0 atom stereocenters. The minimum absolute atomic E-state index is 0.159. The topological polar surface area (TPSA) is 99.0 Å². The number of ether oxygens (including phenoxy) is 1. The molecule has 1 aliphatic rings. The van der Waals surface area contributed by atoms with Gasteiger partial charge in [0.15, 0.2) is 11.4 Å². The van der Waals surface area contributed by atoms with Gasteiger partial charge in [0.25, 0.3) is 11.5 Å². The first-order valence-electron chi connectivity index (χ1n) is 11.1. The van der Waals surface area contributed by atoms with Crippen LogP contribution in [0.4, 0.5) is 0 Å². The predicted octanol–water partition coefficient (Wildman–Crippen LogP) is 2.71. The molecule has 1 saturated heterocycles. The number of aromatic nitrogens is 3. The summed E-state index contributed by atoms with van der Waals surface area (Å²) in [6.45, 7) is 3.24. The second kappa shape index (κ2) is 8.57. The summed E-state index contributed by atoms with van der Waals surface area (Å²) in [6, 6.07) is 10.7. The number of hydrogen-bond donors (Lipinski definition) is 0. The van der Waals surface area contributed by atoms with Gasteiger partial charge in [-0.25, -0.2) is 4.98 Å². The molecule has 0 N–H and O–H groups in total. The molecule has 0 saturated carbocycles. The van der Waals surface area contributed by atoms with Crippen LogP contribution >= 0.6 is 0 Å². The molecule has 0 aromatic carbocycles. The molecule has 0 radical (unpaired) electrons. The van der Waals surface area contributed by atoms with E-state index in [4.69, 9.17) is 9.15 Å². The molecule has 5 heterocycles. The second-order valence-electron chi connectivity index (χ2n) is 8.09. The highest BCUT2D eigenvalue weighted by Gasteiger charge is 2.29. The van der Waals surface area contributed by atoms with Crippen molar-refractivity contribution in [1.82, 2.24) is 18.9 Å². The molecular formula is C24H24N4O5. The summed E-state index contributed by atoms with van der Waals surface area (Å²) in [7, 11) is 0. The number of rotatable bonds is 5. The number of furan rings is 1. The molecule has 0 aliphatic carbocycles. The fourth-order valence-electron chi connectivity index (χ4n) is 4.40. The number of piperidine rings is 1. The van der Waals surface area contributed by atoms with E-state index in [9.17, 15) is 14.4 Å². The summed E-state index contributed by atoms with van der Waals surface area (Å²) in [5, 5.41) is 0. The van der Waals surface area contributed by atoms with Crippen LogP contribution in [0, 0.1) is 5.92 Å². The lowest BCUT2D eigenvalue weighted by molar-refractivity contribution is -0.149. The van der Waals surface area contributed by atoms with Crippen molar-refractivity contribution in [3.63, 3.8) is 0 Å². The molecular weight excluding hydrogens is 424 g/mol. The Balaban J connectivity index is 1.35. The molecule has 33 heavy (non-hydrogen) atoms. The Morgan fingerprint density at radius 1 is 1.12 bits per heavy atom. The minimum atomic E-state index is -0.221. The van der Waals surface area contributed by atoms with Gasteiger partial charge in [0.05, 0.1) is 24.6 Å². The number of esters is 1. The molecule has 0 unspecified atom stereocenters. The molecule has 9 heteroatoms. The fourth-order valence-corrected chi connectivity index (χ4v) is 4.40. The Morgan fingerprint density at radius 3 is 2.70 bits per heavy atom. The van der Waals surface area contributed by atoms with Gasteiger partial charge in [-0.2, -0.15) is 0 Å². The van der Waals surface area contributed by atoms with Gasteiger partial charge in [-0.1, -0.05) is 0 Å². The highest BCUT2D eigenvalue weighted by Crippen LogP contribution is 2.22. The van der Waals surface area contributed by atoms with Crippen LogP contribution < -0.4 is 5.56 Å². The first-order chi connectivity index (χ1) is 16.1. The standard InChI is InChI=1S/C24H24N4O5/c1-2-32-24(31)16-9-13-26(14-10-16)23(30)20-8-7-17(33-20)15-28-21-18(5-3-11-25-21)27-12-4-6-19(27)22(28)29/h3-8,11-12,16H,2,9-10,13-15H2,1H3. The number of amides is 1. The average Bonchev–Trinajstić information content (AvgIpc) is 3.52. The third kappa shape index (κ3) is 3.79. The van der Waals surface area contributed by atoms with Crippen LogP contribution in [0.15, 0.2) is 58.0 Å². The Hall–Kier alpha value is -3.88. The summed E-state index contributed by atoms with van der Waals surface area (Å²) in [6.07, 6.45) is 4.62. The van der Waals surface area contributed by atoms with Crippen molar-refractivity contribution < 1.29 is 18.7 Å². The third-order valence-corrected chi connectivity index (χ3v) is 6.08. The molecule has 9 nitrogen and oxygen atoms in total. The molecule has 0 spiro atoms. The maximum absolute atomic E-state index is 13.1. The van der Waals surface area contributed by atoms with E-state index in [1.54, 1.807) is 40.8 Å². The number of carbonyl (C=O) groups excluding carboxylic acids is 2. The van der Waals surface area contributed by atoms with Crippen molar-refractivity contribution in [1.29, 1.82) is 0 Å². The Labute approximate surface area is 189 Å². The third-order valence-electron chi connectivity index (χ3n) is 6.08. The van der Waals surface area contributed by atoms with Crippen LogP contribution in [-0.2, 0) is 16.1 Å². The lowest BCUT2D eigenvalue weighted by Crippen LogP contribution is -2.40. The van der Waals surface area contributed by atoms with Gasteiger partial charge in [-0.3, -0.25) is 19.0 Å². The van der Waals surface area contributed by atoms with E-state index in [1.807, 2.05) is 28.8 Å². The zero-order valence-electron chi connectivity index (χ0n) is 18.3. The summed E-state index contributed by atoms with van der Waals surface area (Å²) in [5.74, 6) is 0.119. The van der Waals surface area contributed by atoms with Crippen LogP contribution in [0.2, 0.25) is 0 Å². The molecule has 4 aromatic rings. The SMILES string of the molecule is CCOC(=O)C1CCN(C(=O)c2ccc(Cn3c(=O)c4cccn4c4cccnc43)o2)CC1. The van der Waals surface area contributed by atoms with E-state index in [0.29, 0.717) is 49.5 Å². The van der Waals surface area contributed by atoms with E-state index in [1.165, 1.54) is 0 Å². The fraction of sp³-hybridized carbons (Fsp3) is 0.333. The zero-order valence-corrected chi connectivity index (χ0v) is 18.3. The molecule has 0 bridgehead atoms. The number of likely N-dealkylation sites (tertiary alicyclic amines) is 1. The molecule has 170 valence electrons. The predicted molar refractivity (Wildman–Crippen MR) is 120 cm³/mol. The number of pyridine rings is 1. The van der Waals surface area contributed by atoms with Crippen LogP contribution in [0.1, 0.15) is 36.1 Å². The summed E-state index contributed by atoms with van der Waals surface area (Å²) in [4.78, 5) is 44.0. The maximum Gasteiger partial charge on any atom is 0.309 e. The van der Waals surface area contributed by atoms with Gasteiger partial charge < -0.3 is 18.5 Å². The lowest BCUT2D eigenvalue weighted by atomic mass is 9.97. The van der Waals surface area contributed by atoms with E-state index in [-0.39, 0.29) is 35.7 Å². The molecule has 1 aliphatic heterocycles. The van der Waals surface area contributed by atoms with Crippen molar-refractivity contribution in [2.45, 2.75) is 26.3 Å². The minimum Gasteiger partial charge on any atom is -0.466 e. The van der Waals surface area contributed by atoms with Gasteiger partial charge in [-0.05, 0) is 56.2 Å². The maximum atomic E-state index is 13.1. The Morgan fingerprint density at radius 2 is 1.91 bits per heavy atom. The molecule has 5 rings (SSSR count). The smallest absolute Gasteiger partial charge is 0.309 e. The molecule has 1 fully saturated rings. The number of carbonyl (C=O) groups is 2. The van der Waals surface area contributed by atoms with E-state index in [0.717, 1.165) is 5.52 Å². The van der Waals surface area contributed by atoms with Gasteiger partial charge in [0, 0.05) is 25.5 Å². The van der Waals surface area contributed by atoms with Crippen LogP contribution in [-0.4, -0.2) is 50.4 Å². The molecule has 4 aromatic heterocycles. The van der Waals surface area contributed by atoms with Gasteiger partial charge >= 0.3 is 5.97 Å². The lowest BCUT2D eigenvalue weighted by Gasteiger charge is -2.30. The van der Waals surface area contributed by atoms with Crippen molar-refractivity contribution in [2.24, 2.45) is 5.92 Å². The summed E-state index contributed by atoms with van der Waals surface area (Å²) < 4.78 is 14.3. The van der Waals surface area contributed by atoms with Crippen LogP contribution in [0.3, 0.4) is 0 Å². The van der Waals surface area contributed by atoms with Gasteiger partial charge in [0.2, 0.25) is 0 Å². The highest BCUT2D eigenvalue weighted by atomic mass is 16.5.